The molecule has 1 aromatic carbocycles. The van der Waals surface area contributed by atoms with Gasteiger partial charge in [0, 0.05) is 0 Å². The van der Waals surface area contributed by atoms with E-state index in [1.807, 2.05) is 24.3 Å². The third-order valence-corrected chi connectivity index (χ3v) is 1.97. The molecular weight excluding hydrogens is 194 g/mol. The van der Waals surface area contributed by atoms with Crippen LogP contribution in [0, 0.1) is 0 Å². The first-order chi connectivity index (χ1) is 7.28. The first-order valence-electron chi connectivity index (χ1n) is 4.49. The van der Waals surface area contributed by atoms with E-state index in [4.69, 9.17) is 15.0 Å². The molecule has 0 fully saturated rings. The number of methoxy groups -OCH3 is 1. The molecular formula is C10H11N3O2. The number of hydrogen-bond acceptors (Lipinski definition) is 5. The predicted octanol–water partition coefficient (Wildman–Crippen LogP) is 1.25. The maximum atomic E-state index is 5.35. The Balaban J connectivity index is 2.16. The van der Waals surface area contributed by atoms with E-state index in [0.717, 1.165) is 11.3 Å². The van der Waals surface area contributed by atoms with Crippen LogP contribution < -0.4 is 10.5 Å². The molecule has 0 aliphatic carbocycles. The van der Waals surface area contributed by atoms with Gasteiger partial charge in [-0.25, -0.2) is 0 Å². The smallest absolute Gasteiger partial charge is 0.260 e. The quantitative estimate of drug-likeness (QED) is 0.816. The molecule has 0 saturated heterocycles. The van der Waals surface area contributed by atoms with E-state index in [9.17, 15) is 0 Å². The van der Waals surface area contributed by atoms with Gasteiger partial charge < -0.3 is 15.0 Å². The maximum Gasteiger partial charge on any atom is 0.260 e. The molecule has 5 heteroatoms. The Kier molecular flexibility index (Phi) is 2.53. The molecule has 0 radical (unpaired) electrons. The molecule has 2 aromatic rings. The number of nitrogens with zero attached hydrogens (tertiary/aromatic N) is 2. The highest BCUT2D eigenvalue weighted by molar-refractivity contribution is 5.30. The lowest BCUT2D eigenvalue weighted by atomic mass is 10.1. The molecule has 0 aliphatic rings. The van der Waals surface area contributed by atoms with E-state index >= 15 is 0 Å². The number of nitrogens with two attached hydrogens (primary N) is 1. The Labute approximate surface area is 86.9 Å². The summed E-state index contributed by atoms with van der Waals surface area (Å²) in [6, 6.07) is 7.67. The van der Waals surface area contributed by atoms with Crippen LogP contribution in [0.3, 0.4) is 0 Å². The number of ether oxygens (including phenoxy) is 1. The van der Waals surface area contributed by atoms with Gasteiger partial charge in [0.2, 0.25) is 5.89 Å². The van der Waals surface area contributed by atoms with Gasteiger partial charge in [0.25, 0.3) is 5.95 Å². The number of aromatic nitrogens is 2. The van der Waals surface area contributed by atoms with Crippen molar-refractivity contribution < 1.29 is 9.26 Å². The van der Waals surface area contributed by atoms with Crippen LogP contribution in [0.15, 0.2) is 28.8 Å². The van der Waals surface area contributed by atoms with Crippen LogP contribution in [0.5, 0.6) is 5.75 Å². The van der Waals surface area contributed by atoms with Gasteiger partial charge in [-0.05, 0) is 22.9 Å². The summed E-state index contributed by atoms with van der Waals surface area (Å²) < 4.78 is 10.0. The van der Waals surface area contributed by atoms with Gasteiger partial charge in [-0.1, -0.05) is 12.1 Å². The van der Waals surface area contributed by atoms with Crippen LogP contribution in [-0.4, -0.2) is 17.3 Å². The van der Waals surface area contributed by atoms with E-state index in [1.54, 1.807) is 7.11 Å². The van der Waals surface area contributed by atoms with Crippen LogP contribution in [0.25, 0.3) is 0 Å². The topological polar surface area (TPSA) is 74.2 Å². The minimum absolute atomic E-state index is 0.160. The Bertz CT molecular complexity index is 453. The summed E-state index contributed by atoms with van der Waals surface area (Å²) in [4.78, 5) is 3.92. The number of anilines is 1. The Hall–Kier alpha value is -2.04. The van der Waals surface area contributed by atoms with Crippen molar-refractivity contribution in [2.45, 2.75) is 6.42 Å². The number of benzene rings is 1. The fourth-order valence-corrected chi connectivity index (χ4v) is 1.30. The van der Waals surface area contributed by atoms with Crippen LogP contribution in [0.2, 0.25) is 0 Å². The van der Waals surface area contributed by atoms with Crippen molar-refractivity contribution >= 4 is 5.95 Å². The number of hydrogen-bond donors (Lipinski definition) is 1. The molecule has 0 atom stereocenters. The number of rotatable bonds is 3. The summed E-state index contributed by atoms with van der Waals surface area (Å²) in [7, 11) is 1.63. The zero-order valence-electron chi connectivity index (χ0n) is 8.30. The first kappa shape index (κ1) is 9.51. The molecule has 15 heavy (non-hydrogen) atoms. The van der Waals surface area contributed by atoms with Gasteiger partial charge in [0.05, 0.1) is 13.5 Å². The second kappa shape index (κ2) is 4.00. The normalized spacial score (nSPS) is 10.2. The van der Waals surface area contributed by atoms with E-state index in [2.05, 4.69) is 10.1 Å². The fourth-order valence-electron chi connectivity index (χ4n) is 1.30. The lowest BCUT2D eigenvalue weighted by Crippen LogP contribution is -1.91. The van der Waals surface area contributed by atoms with Gasteiger partial charge in [-0.15, -0.1) is 0 Å². The summed E-state index contributed by atoms with van der Waals surface area (Å²) in [5.74, 6) is 1.47. The lowest BCUT2D eigenvalue weighted by Gasteiger charge is -2.01. The van der Waals surface area contributed by atoms with Crippen molar-refractivity contribution in [3.8, 4) is 5.75 Å². The van der Waals surface area contributed by atoms with Gasteiger partial charge in [0.15, 0.2) is 0 Å². The van der Waals surface area contributed by atoms with E-state index in [1.165, 1.54) is 0 Å². The molecule has 0 aliphatic heterocycles. The molecule has 78 valence electrons. The van der Waals surface area contributed by atoms with Crippen LogP contribution in [0.4, 0.5) is 5.95 Å². The van der Waals surface area contributed by atoms with Crippen molar-refractivity contribution in [2.75, 3.05) is 12.8 Å². The molecule has 0 amide bonds. The highest BCUT2D eigenvalue weighted by atomic mass is 16.5. The van der Waals surface area contributed by atoms with Gasteiger partial charge in [0.1, 0.15) is 5.75 Å². The summed E-state index contributed by atoms with van der Waals surface area (Å²) in [5, 5.41) is 3.52. The van der Waals surface area contributed by atoms with Gasteiger partial charge in [-0.2, -0.15) is 4.98 Å². The average Bonchev–Trinajstić information content (AvgIpc) is 2.64. The summed E-state index contributed by atoms with van der Waals surface area (Å²) in [5.41, 5.74) is 6.39. The number of nitrogen functional groups attached to an aromatic ring is 1. The molecule has 2 rings (SSSR count). The van der Waals surface area contributed by atoms with Crippen molar-refractivity contribution in [3.63, 3.8) is 0 Å². The molecule has 1 heterocycles. The van der Waals surface area contributed by atoms with Crippen molar-refractivity contribution in [3.05, 3.63) is 35.7 Å². The predicted molar refractivity (Wildman–Crippen MR) is 54.5 cm³/mol. The molecule has 5 nitrogen and oxygen atoms in total. The fraction of sp³-hybridized carbons (Fsp3) is 0.200. The van der Waals surface area contributed by atoms with Crippen molar-refractivity contribution in [1.82, 2.24) is 10.1 Å². The Morgan fingerprint density at radius 2 is 2.33 bits per heavy atom. The molecule has 0 unspecified atom stereocenters. The highest BCUT2D eigenvalue weighted by Crippen LogP contribution is 2.15. The minimum Gasteiger partial charge on any atom is -0.497 e. The Morgan fingerprint density at radius 1 is 1.47 bits per heavy atom. The average molecular weight is 205 g/mol. The molecule has 0 saturated carbocycles. The molecule has 0 bridgehead atoms. The highest BCUT2D eigenvalue weighted by Gasteiger charge is 2.04. The monoisotopic (exact) mass is 205 g/mol. The minimum atomic E-state index is 0.160. The third kappa shape index (κ3) is 2.25. The van der Waals surface area contributed by atoms with E-state index < -0.39 is 0 Å². The van der Waals surface area contributed by atoms with Gasteiger partial charge in [-0.3, -0.25) is 0 Å². The summed E-state index contributed by atoms with van der Waals surface area (Å²) in [6.45, 7) is 0. The SMILES string of the molecule is COc1cccc(Cc2nc(N)no2)c1. The standard InChI is InChI=1S/C10H11N3O2/c1-14-8-4-2-3-7(5-8)6-9-12-10(11)13-15-9/h2-5H,6H2,1H3,(H2,11,13). The van der Waals surface area contributed by atoms with Crippen molar-refractivity contribution in [2.24, 2.45) is 0 Å². The maximum absolute atomic E-state index is 5.35. The third-order valence-electron chi connectivity index (χ3n) is 1.97. The molecule has 2 N–H and O–H groups in total. The van der Waals surface area contributed by atoms with E-state index in [0.29, 0.717) is 12.3 Å². The molecule has 1 aromatic heterocycles. The largest absolute Gasteiger partial charge is 0.497 e. The zero-order chi connectivity index (χ0) is 10.7. The van der Waals surface area contributed by atoms with Crippen molar-refractivity contribution in [1.29, 1.82) is 0 Å². The molecule has 0 spiro atoms. The van der Waals surface area contributed by atoms with Gasteiger partial charge >= 0.3 is 0 Å². The lowest BCUT2D eigenvalue weighted by molar-refractivity contribution is 0.385. The first-order valence-corrected chi connectivity index (χ1v) is 4.49. The second-order valence-electron chi connectivity index (χ2n) is 3.07. The van der Waals surface area contributed by atoms with Crippen LogP contribution in [-0.2, 0) is 6.42 Å². The Morgan fingerprint density at radius 3 is 3.00 bits per heavy atom. The van der Waals surface area contributed by atoms with Crippen LogP contribution in [0.1, 0.15) is 11.5 Å². The second-order valence-corrected chi connectivity index (χ2v) is 3.07. The van der Waals surface area contributed by atoms with Crippen LogP contribution >= 0.6 is 0 Å². The summed E-state index contributed by atoms with van der Waals surface area (Å²) >= 11 is 0. The zero-order valence-corrected chi connectivity index (χ0v) is 8.30. The summed E-state index contributed by atoms with van der Waals surface area (Å²) in [6.07, 6.45) is 0.557. The van der Waals surface area contributed by atoms with E-state index in [-0.39, 0.29) is 5.95 Å².